The van der Waals surface area contributed by atoms with Crippen molar-refractivity contribution in [3.63, 3.8) is 0 Å². The third-order valence-corrected chi connectivity index (χ3v) is 5.98. The second-order valence-corrected chi connectivity index (χ2v) is 8.37. The highest BCUT2D eigenvalue weighted by molar-refractivity contribution is 14.0. The molecule has 3 rings (SSSR count). The first-order chi connectivity index (χ1) is 14.2. The van der Waals surface area contributed by atoms with Crippen molar-refractivity contribution in [3.8, 4) is 0 Å². The summed E-state index contributed by atoms with van der Waals surface area (Å²) < 4.78 is 0. The van der Waals surface area contributed by atoms with E-state index >= 15 is 0 Å². The fraction of sp³-hybridized carbons (Fsp3) is 0.696. The number of aliphatic hydroxyl groups is 1. The van der Waals surface area contributed by atoms with Gasteiger partial charge in [0.25, 0.3) is 0 Å². The maximum absolute atomic E-state index is 9.61. The number of nitrogens with one attached hydrogen (secondary N) is 2. The Hall–Kier alpha value is -0.900. The average Bonchev–Trinajstić information content (AvgIpc) is 2.75. The zero-order valence-corrected chi connectivity index (χ0v) is 20.8. The van der Waals surface area contributed by atoms with Gasteiger partial charge in [0.2, 0.25) is 0 Å². The average molecular weight is 530 g/mol. The van der Waals surface area contributed by atoms with E-state index in [9.17, 15) is 5.11 Å². The third-order valence-electron chi connectivity index (χ3n) is 5.98. The molecule has 0 bridgehead atoms. The van der Waals surface area contributed by atoms with Gasteiger partial charge in [-0.1, -0.05) is 30.3 Å². The summed E-state index contributed by atoms with van der Waals surface area (Å²) in [4.78, 5) is 9.80. The van der Waals surface area contributed by atoms with Crippen molar-refractivity contribution in [2.75, 3.05) is 45.8 Å². The minimum Gasteiger partial charge on any atom is -0.393 e. The van der Waals surface area contributed by atoms with E-state index in [1.165, 1.54) is 5.56 Å². The fourth-order valence-corrected chi connectivity index (χ4v) is 4.22. The summed E-state index contributed by atoms with van der Waals surface area (Å²) in [5.74, 6) is 0.961. The van der Waals surface area contributed by atoms with E-state index in [1.807, 2.05) is 0 Å². The second-order valence-electron chi connectivity index (χ2n) is 8.37. The Labute approximate surface area is 199 Å². The topological polar surface area (TPSA) is 63.1 Å². The number of aliphatic hydroxyl groups excluding tert-OH is 1. The van der Waals surface area contributed by atoms with Crippen LogP contribution in [0, 0.1) is 0 Å². The molecular formula is C23H40IN5O. The fourth-order valence-electron chi connectivity index (χ4n) is 4.22. The maximum atomic E-state index is 9.61. The van der Waals surface area contributed by atoms with Gasteiger partial charge < -0.3 is 20.6 Å². The molecule has 0 spiro atoms. The lowest BCUT2D eigenvalue weighted by atomic mass is 10.0. The Kier molecular flexibility index (Phi) is 12.0. The Morgan fingerprint density at radius 1 is 1.03 bits per heavy atom. The van der Waals surface area contributed by atoms with Crippen molar-refractivity contribution < 1.29 is 5.11 Å². The van der Waals surface area contributed by atoms with Crippen LogP contribution in [0.25, 0.3) is 0 Å². The van der Waals surface area contributed by atoms with Gasteiger partial charge in [0.15, 0.2) is 5.96 Å². The lowest BCUT2D eigenvalue weighted by Gasteiger charge is -2.33. The van der Waals surface area contributed by atoms with Crippen LogP contribution in [0.15, 0.2) is 35.3 Å². The molecule has 0 radical (unpaired) electrons. The van der Waals surface area contributed by atoms with Crippen LogP contribution in [0.5, 0.6) is 0 Å². The molecule has 2 saturated heterocycles. The molecule has 0 unspecified atom stereocenters. The predicted octanol–water partition coefficient (Wildman–Crippen LogP) is 2.67. The monoisotopic (exact) mass is 529 g/mol. The van der Waals surface area contributed by atoms with E-state index in [1.54, 1.807) is 0 Å². The van der Waals surface area contributed by atoms with Gasteiger partial charge in [-0.2, -0.15) is 0 Å². The van der Waals surface area contributed by atoms with Gasteiger partial charge in [-0.3, -0.25) is 9.89 Å². The minimum atomic E-state index is -0.0899. The highest BCUT2D eigenvalue weighted by atomic mass is 127. The van der Waals surface area contributed by atoms with Crippen LogP contribution in [0.3, 0.4) is 0 Å². The second kappa shape index (κ2) is 14.2. The summed E-state index contributed by atoms with van der Waals surface area (Å²) in [5.41, 5.74) is 1.40. The van der Waals surface area contributed by atoms with Gasteiger partial charge >= 0.3 is 0 Å². The summed E-state index contributed by atoms with van der Waals surface area (Å²) in [6.07, 6.45) is 5.13. The molecule has 0 amide bonds. The first-order valence-electron chi connectivity index (χ1n) is 11.4. The third kappa shape index (κ3) is 9.08. The highest BCUT2D eigenvalue weighted by Crippen LogP contribution is 2.14. The van der Waals surface area contributed by atoms with Crippen molar-refractivity contribution in [2.45, 2.75) is 57.7 Å². The Morgan fingerprint density at radius 3 is 2.37 bits per heavy atom. The van der Waals surface area contributed by atoms with Crippen molar-refractivity contribution in [2.24, 2.45) is 4.99 Å². The van der Waals surface area contributed by atoms with Crippen molar-refractivity contribution in [1.82, 2.24) is 20.4 Å². The Morgan fingerprint density at radius 2 is 1.70 bits per heavy atom. The van der Waals surface area contributed by atoms with Gasteiger partial charge in [-0.05, 0) is 51.1 Å². The summed E-state index contributed by atoms with van der Waals surface area (Å²) >= 11 is 0. The smallest absolute Gasteiger partial charge is 0.191 e. The Balaban J connectivity index is 0.00000320. The molecular weight excluding hydrogens is 489 g/mol. The quantitative estimate of drug-likeness (QED) is 0.209. The van der Waals surface area contributed by atoms with E-state index in [0.29, 0.717) is 6.04 Å². The standard InChI is InChI=1S/C23H39N5O.HI/c1-2-24-23(25-13-6-14-27-17-11-22(29)12-18-27)26-21-9-15-28(16-10-21)19-20-7-4-3-5-8-20;/h3-5,7-8,21-22,29H,2,6,9-19H2,1H3,(H2,24,25,26);1H. The molecule has 1 aromatic rings. The largest absolute Gasteiger partial charge is 0.393 e. The molecule has 170 valence electrons. The van der Waals surface area contributed by atoms with Crippen LogP contribution in [-0.2, 0) is 6.54 Å². The number of halogens is 1. The van der Waals surface area contributed by atoms with Crippen LogP contribution >= 0.6 is 24.0 Å². The number of hydrogen-bond donors (Lipinski definition) is 3. The highest BCUT2D eigenvalue weighted by Gasteiger charge is 2.20. The van der Waals surface area contributed by atoms with Crippen molar-refractivity contribution in [1.29, 1.82) is 0 Å². The first-order valence-corrected chi connectivity index (χ1v) is 11.4. The van der Waals surface area contributed by atoms with Gasteiger partial charge in [0, 0.05) is 51.9 Å². The minimum absolute atomic E-state index is 0. The molecule has 0 saturated carbocycles. The van der Waals surface area contributed by atoms with Crippen LogP contribution < -0.4 is 10.6 Å². The zero-order chi connectivity index (χ0) is 20.3. The SMILES string of the molecule is CCNC(=NCCCN1CCC(O)CC1)NC1CCN(Cc2ccccc2)CC1.I. The number of piperidine rings is 2. The molecule has 2 heterocycles. The number of hydrogen-bond acceptors (Lipinski definition) is 4. The lowest BCUT2D eigenvalue weighted by molar-refractivity contribution is 0.0824. The molecule has 30 heavy (non-hydrogen) atoms. The molecule has 2 fully saturated rings. The summed E-state index contributed by atoms with van der Waals surface area (Å²) in [6, 6.07) is 11.3. The predicted molar refractivity (Wildman–Crippen MR) is 136 cm³/mol. The number of benzene rings is 1. The molecule has 0 atom stereocenters. The van der Waals surface area contributed by atoms with Gasteiger partial charge in [0.1, 0.15) is 0 Å². The van der Waals surface area contributed by atoms with E-state index in [-0.39, 0.29) is 30.1 Å². The van der Waals surface area contributed by atoms with Crippen LogP contribution in [0.4, 0.5) is 0 Å². The molecule has 1 aromatic carbocycles. The van der Waals surface area contributed by atoms with Gasteiger partial charge in [-0.15, -0.1) is 24.0 Å². The molecule has 2 aliphatic rings. The number of nitrogens with zero attached hydrogens (tertiary/aromatic N) is 3. The van der Waals surface area contributed by atoms with E-state index < -0.39 is 0 Å². The van der Waals surface area contributed by atoms with Crippen LogP contribution in [0.2, 0.25) is 0 Å². The number of likely N-dealkylation sites (tertiary alicyclic amines) is 2. The van der Waals surface area contributed by atoms with E-state index in [4.69, 9.17) is 4.99 Å². The molecule has 2 aliphatic heterocycles. The van der Waals surface area contributed by atoms with Crippen molar-refractivity contribution in [3.05, 3.63) is 35.9 Å². The summed E-state index contributed by atoms with van der Waals surface area (Å²) in [6.45, 7) is 10.3. The van der Waals surface area contributed by atoms with E-state index in [2.05, 4.69) is 57.7 Å². The molecule has 0 aromatic heterocycles. The number of guanidine groups is 1. The van der Waals surface area contributed by atoms with Gasteiger partial charge in [0.05, 0.1) is 6.10 Å². The van der Waals surface area contributed by atoms with Crippen LogP contribution in [0.1, 0.15) is 44.6 Å². The molecule has 3 N–H and O–H groups in total. The van der Waals surface area contributed by atoms with Gasteiger partial charge in [-0.25, -0.2) is 0 Å². The first kappa shape index (κ1) is 25.4. The van der Waals surface area contributed by atoms with Crippen molar-refractivity contribution >= 4 is 29.9 Å². The normalized spacial score (nSPS) is 20.0. The number of rotatable bonds is 8. The number of aliphatic imine (C=N–C) groups is 1. The molecule has 7 heteroatoms. The van der Waals surface area contributed by atoms with Crippen LogP contribution in [-0.4, -0.2) is 78.8 Å². The zero-order valence-electron chi connectivity index (χ0n) is 18.4. The summed E-state index contributed by atoms with van der Waals surface area (Å²) in [5, 5.41) is 16.7. The summed E-state index contributed by atoms with van der Waals surface area (Å²) in [7, 11) is 0. The molecule has 6 nitrogen and oxygen atoms in total. The molecule has 0 aliphatic carbocycles. The lowest BCUT2D eigenvalue weighted by Crippen LogP contribution is -2.48. The Bertz CT molecular complexity index is 599. The van der Waals surface area contributed by atoms with E-state index in [0.717, 1.165) is 90.4 Å². The maximum Gasteiger partial charge on any atom is 0.191 e.